The third-order valence-corrected chi connectivity index (χ3v) is 7.94. The molecule has 2 atom stereocenters. The molecule has 0 aliphatic rings. The molecule has 0 aliphatic carbocycles. The van der Waals surface area contributed by atoms with E-state index in [4.69, 9.17) is 4.74 Å². The lowest BCUT2D eigenvalue weighted by atomic mass is 10.1. The summed E-state index contributed by atoms with van der Waals surface area (Å²) in [5.41, 5.74) is 3.17. The fraction of sp³-hybridized carbons (Fsp3) is 0.276. The predicted octanol–water partition coefficient (Wildman–Crippen LogP) is 7.09. The van der Waals surface area contributed by atoms with Gasteiger partial charge in [-0.25, -0.2) is 4.98 Å². The van der Waals surface area contributed by atoms with E-state index in [9.17, 15) is 9.59 Å². The number of thioether (sulfide) groups is 1. The molecular formula is C29H31N3O3S2. The first-order valence-corrected chi connectivity index (χ1v) is 14.2. The number of thiazole rings is 1. The van der Waals surface area contributed by atoms with Crippen molar-refractivity contribution in [1.82, 2.24) is 10.3 Å². The first-order chi connectivity index (χ1) is 17.9. The summed E-state index contributed by atoms with van der Waals surface area (Å²) in [6.07, 6.45) is 2.20. The molecule has 6 nitrogen and oxygen atoms in total. The summed E-state index contributed by atoms with van der Waals surface area (Å²) in [5.74, 6) is 0.829. The van der Waals surface area contributed by atoms with Gasteiger partial charge in [0.15, 0.2) is 4.34 Å². The highest BCUT2D eigenvalue weighted by Gasteiger charge is 2.13. The molecule has 0 saturated heterocycles. The van der Waals surface area contributed by atoms with Crippen molar-refractivity contribution < 1.29 is 14.3 Å². The van der Waals surface area contributed by atoms with Crippen LogP contribution in [0.3, 0.4) is 0 Å². The van der Waals surface area contributed by atoms with Crippen LogP contribution in [-0.4, -0.2) is 28.7 Å². The molecule has 1 aromatic heterocycles. The lowest BCUT2D eigenvalue weighted by Crippen LogP contribution is -2.28. The van der Waals surface area contributed by atoms with Crippen molar-refractivity contribution in [2.24, 2.45) is 0 Å². The first kappa shape index (κ1) is 26.7. The van der Waals surface area contributed by atoms with Gasteiger partial charge in [0, 0.05) is 11.3 Å². The molecule has 0 fully saturated rings. The van der Waals surface area contributed by atoms with E-state index < -0.39 is 0 Å². The van der Waals surface area contributed by atoms with Crippen LogP contribution in [0.2, 0.25) is 0 Å². The largest absolute Gasteiger partial charge is 0.491 e. The number of fused-ring (bicyclic) bond motifs is 1. The van der Waals surface area contributed by atoms with Crippen molar-refractivity contribution in [3.05, 3.63) is 83.9 Å². The van der Waals surface area contributed by atoms with Crippen LogP contribution in [0.4, 0.5) is 5.69 Å². The van der Waals surface area contributed by atoms with E-state index in [1.165, 1.54) is 23.1 Å². The first-order valence-electron chi connectivity index (χ1n) is 12.4. The summed E-state index contributed by atoms with van der Waals surface area (Å²) in [6, 6.07) is 22.7. The Morgan fingerprint density at radius 2 is 1.78 bits per heavy atom. The number of benzene rings is 3. The minimum Gasteiger partial charge on any atom is -0.491 e. The number of ether oxygens (including phenoxy) is 1. The minimum absolute atomic E-state index is 0.0372. The second-order valence-electron chi connectivity index (χ2n) is 8.85. The summed E-state index contributed by atoms with van der Waals surface area (Å²) in [7, 11) is 0. The number of rotatable bonds is 11. The van der Waals surface area contributed by atoms with E-state index in [1.54, 1.807) is 12.1 Å². The van der Waals surface area contributed by atoms with Crippen LogP contribution in [0.1, 0.15) is 55.6 Å². The van der Waals surface area contributed by atoms with Gasteiger partial charge in [-0.05, 0) is 68.3 Å². The van der Waals surface area contributed by atoms with Crippen LogP contribution in [0.5, 0.6) is 5.75 Å². The fourth-order valence-electron chi connectivity index (χ4n) is 3.86. The van der Waals surface area contributed by atoms with Crippen LogP contribution >= 0.6 is 23.1 Å². The summed E-state index contributed by atoms with van der Waals surface area (Å²) < 4.78 is 7.63. The van der Waals surface area contributed by atoms with Crippen molar-refractivity contribution in [3.8, 4) is 5.75 Å². The van der Waals surface area contributed by atoms with Crippen LogP contribution < -0.4 is 15.4 Å². The molecule has 4 rings (SSSR count). The molecule has 0 bridgehead atoms. The maximum Gasteiger partial charge on any atom is 0.255 e. The van der Waals surface area contributed by atoms with Crippen molar-refractivity contribution in [2.75, 3.05) is 11.1 Å². The Morgan fingerprint density at radius 1 is 1.03 bits per heavy atom. The molecule has 0 spiro atoms. The highest BCUT2D eigenvalue weighted by atomic mass is 32.2. The van der Waals surface area contributed by atoms with Gasteiger partial charge in [0.25, 0.3) is 5.91 Å². The van der Waals surface area contributed by atoms with Crippen LogP contribution in [-0.2, 0) is 4.79 Å². The lowest BCUT2D eigenvalue weighted by molar-refractivity contribution is -0.119. The molecule has 4 aromatic rings. The molecule has 2 N–H and O–H groups in total. The average Bonchev–Trinajstić information content (AvgIpc) is 3.31. The Balaban J connectivity index is 1.32. The topological polar surface area (TPSA) is 80.3 Å². The Hall–Kier alpha value is -3.36. The molecular weight excluding hydrogens is 502 g/mol. The maximum atomic E-state index is 12.7. The summed E-state index contributed by atoms with van der Waals surface area (Å²) >= 11 is 2.92. The maximum absolute atomic E-state index is 12.7. The standard InChI is InChI=1S/C29H31N3O3S2/c1-4-8-19(2)35-24-14-11-22(12-15-24)28(34)31-23-13-16-25-26(17-23)37-29(32-25)36-18-27(33)30-20(3)21-9-6-5-7-10-21/h5-7,9-17,19-20H,4,8,18H2,1-3H3,(H,30,33)(H,31,34)/t19?,20-/m0/s1. The van der Waals surface area contributed by atoms with Gasteiger partial charge in [-0.15, -0.1) is 11.3 Å². The molecule has 0 radical (unpaired) electrons. The number of nitrogens with one attached hydrogen (secondary N) is 2. The van der Waals surface area contributed by atoms with Crippen LogP contribution in [0, 0.1) is 0 Å². The summed E-state index contributed by atoms with van der Waals surface area (Å²) in [6.45, 7) is 6.15. The third-order valence-electron chi connectivity index (χ3n) is 5.78. The second kappa shape index (κ2) is 12.7. The van der Waals surface area contributed by atoms with Crippen molar-refractivity contribution >= 4 is 50.8 Å². The quantitative estimate of drug-likeness (QED) is 0.201. The second-order valence-corrected chi connectivity index (χ2v) is 11.1. The smallest absolute Gasteiger partial charge is 0.255 e. The molecule has 1 heterocycles. The monoisotopic (exact) mass is 533 g/mol. The molecule has 37 heavy (non-hydrogen) atoms. The van der Waals surface area contributed by atoms with Gasteiger partial charge in [-0.1, -0.05) is 55.4 Å². The van der Waals surface area contributed by atoms with Gasteiger partial charge >= 0.3 is 0 Å². The zero-order chi connectivity index (χ0) is 26.2. The number of hydrogen-bond acceptors (Lipinski definition) is 6. The molecule has 0 aliphatic heterocycles. The van der Waals surface area contributed by atoms with E-state index in [0.717, 1.165) is 38.7 Å². The summed E-state index contributed by atoms with van der Waals surface area (Å²) in [4.78, 5) is 29.8. The Kier molecular flexibility index (Phi) is 9.19. The number of carbonyl (C=O) groups is 2. The van der Waals surface area contributed by atoms with Crippen LogP contribution in [0.15, 0.2) is 77.1 Å². The number of aromatic nitrogens is 1. The van der Waals surface area contributed by atoms with Gasteiger partial charge < -0.3 is 15.4 Å². The molecule has 2 amide bonds. The van der Waals surface area contributed by atoms with Gasteiger partial charge in [-0.2, -0.15) is 0 Å². The Bertz CT molecular complexity index is 1340. The van der Waals surface area contributed by atoms with Crippen molar-refractivity contribution in [1.29, 1.82) is 0 Å². The van der Waals surface area contributed by atoms with E-state index in [1.807, 2.05) is 74.5 Å². The summed E-state index contributed by atoms with van der Waals surface area (Å²) in [5, 5.41) is 5.98. The zero-order valence-electron chi connectivity index (χ0n) is 21.2. The molecule has 3 aromatic carbocycles. The number of anilines is 1. The normalized spacial score (nSPS) is 12.6. The number of carbonyl (C=O) groups excluding carboxylic acids is 2. The van der Waals surface area contributed by atoms with Crippen LogP contribution in [0.25, 0.3) is 10.2 Å². The fourth-order valence-corrected chi connectivity index (χ4v) is 5.78. The van der Waals surface area contributed by atoms with Gasteiger partial charge in [0.2, 0.25) is 5.91 Å². The molecule has 8 heteroatoms. The van der Waals surface area contributed by atoms with Crippen molar-refractivity contribution in [3.63, 3.8) is 0 Å². The predicted molar refractivity (Wildman–Crippen MR) is 153 cm³/mol. The Morgan fingerprint density at radius 3 is 2.51 bits per heavy atom. The van der Waals surface area contributed by atoms with E-state index in [0.29, 0.717) is 11.3 Å². The van der Waals surface area contributed by atoms with E-state index >= 15 is 0 Å². The van der Waals surface area contributed by atoms with E-state index in [-0.39, 0.29) is 29.7 Å². The number of hydrogen-bond donors (Lipinski definition) is 2. The van der Waals surface area contributed by atoms with Gasteiger partial charge in [0.05, 0.1) is 28.1 Å². The highest BCUT2D eigenvalue weighted by Crippen LogP contribution is 2.31. The molecule has 192 valence electrons. The lowest BCUT2D eigenvalue weighted by Gasteiger charge is -2.14. The third kappa shape index (κ3) is 7.57. The number of amides is 2. The van der Waals surface area contributed by atoms with Crippen molar-refractivity contribution in [2.45, 2.75) is 50.1 Å². The average molecular weight is 534 g/mol. The Labute approximate surface area is 225 Å². The van der Waals surface area contributed by atoms with E-state index in [2.05, 4.69) is 22.5 Å². The van der Waals surface area contributed by atoms with Gasteiger partial charge in [-0.3, -0.25) is 9.59 Å². The molecule has 0 saturated carbocycles. The molecule has 1 unspecified atom stereocenters. The SMILES string of the molecule is CCCC(C)Oc1ccc(C(=O)Nc2ccc3nc(SCC(=O)N[C@@H](C)c4ccccc4)sc3c2)cc1. The highest BCUT2D eigenvalue weighted by molar-refractivity contribution is 8.01. The number of nitrogens with zero attached hydrogens (tertiary/aromatic N) is 1. The minimum atomic E-state index is -0.184. The van der Waals surface area contributed by atoms with Gasteiger partial charge in [0.1, 0.15) is 5.75 Å². The zero-order valence-corrected chi connectivity index (χ0v) is 22.8.